The average Bonchev–Trinajstić information content (AvgIpc) is 2.75. The summed E-state index contributed by atoms with van der Waals surface area (Å²) < 4.78 is 6.36. The molecule has 1 atom stereocenters. The van der Waals surface area contributed by atoms with E-state index in [1.54, 1.807) is 0 Å². The number of benzene rings is 1. The first-order valence-corrected chi connectivity index (χ1v) is 14.0. The number of ether oxygens (including phenoxy) is 1. The predicted molar refractivity (Wildman–Crippen MR) is 145 cm³/mol. The molecule has 1 rings (SSSR count). The van der Waals surface area contributed by atoms with Crippen LogP contribution in [0.25, 0.3) is 0 Å². The Labute approximate surface area is 210 Å². The SMILES string of the molecule is CCCCCCC(Oc1ccc(C(C)(C)CCCCC)cc1C(C)(C)CCCCC)C(=O)Cl. The van der Waals surface area contributed by atoms with E-state index in [0.717, 1.165) is 25.0 Å². The van der Waals surface area contributed by atoms with Gasteiger partial charge in [-0.1, -0.05) is 118 Å². The molecule has 0 N–H and O–H groups in total. The Morgan fingerprint density at radius 1 is 0.818 bits per heavy atom. The van der Waals surface area contributed by atoms with Gasteiger partial charge in [-0.2, -0.15) is 0 Å². The molecule has 0 heterocycles. The van der Waals surface area contributed by atoms with Gasteiger partial charge in [-0.15, -0.1) is 0 Å². The summed E-state index contributed by atoms with van der Waals surface area (Å²) in [4.78, 5) is 12.2. The van der Waals surface area contributed by atoms with Gasteiger partial charge in [0.15, 0.2) is 6.10 Å². The molecule has 1 unspecified atom stereocenters. The van der Waals surface area contributed by atoms with Gasteiger partial charge in [-0.05, 0) is 59.7 Å². The number of carbonyl (C=O) groups excluding carboxylic acids is 1. The molecule has 0 aliphatic rings. The lowest BCUT2D eigenvalue weighted by Gasteiger charge is -2.32. The van der Waals surface area contributed by atoms with E-state index in [-0.39, 0.29) is 16.1 Å². The van der Waals surface area contributed by atoms with Crippen molar-refractivity contribution in [2.45, 2.75) is 149 Å². The molecule has 190 valence electrons. The fourth-order valence-electron chi connectivity index (χ4n) is 4.62. The molecule has 1 aromatic rings. The molecule has 0 bridgehead atoms. The molecular formula is C30H51ClO2. The number of hydrogen-bond donors (Lipinski definition) is 0. The minimum atomic E-state index is -0.572. The number of rotatable bonds is 18. The van der Waals surface area contributed by atoms with Crippen LogP contribution in [-0.4, -0.2) is 11.3 Å². The molecule has 1 aromatic carbocycles. The molecule has 3 heteroatoms. The molecule has 0 saturated carbocycles. The maximum Gasteiger partial charge on any atom is 0.262 e. The van der Waals surface area contributed by atoms with E-state index in [2.05, 4.69) is 66.7 Å². The average molecular weight is 479 g/mol. The van der Waals surface area contributed by atoms with Crippen LogP contribution in [0.5, 0.6) is 5.75 Å². The quantitative estimate of drug-likeness (QED) is 0.155. The Bertz CT molecular complexity index is 693. The van der Waals surface area contributed by atoms with E-state index < -0.39 is 6.10 Å². The standard InChI is InChI=1S/C30H51ClO2/c1-8-11-14-15-18-27(28(31)32)33-26-20-19-24(29(4,5)21-16-12-9-2)23-25(26)30(6,7)22-17-13-10-3/h19-20,23,27H,8-18,21-22H2,1-7H3. The molecule has 0 aliphatic heterocycles. The van der Waals surface area contributed by atoms with Gasteiger partial charge in [-0.25, -0.2) is 0 Å². The van der Waals surface area contributed by atoms with E-state index in [1.165, 1.54) is 68.9 Å². The van der Waals surface area contributed by atoms with Crippen LogP contribution in [0.4, 0.5) is 0 Å². The van der Waals surface area contributed by atoms with Crippen LogP contribution < -0.4 is 4.74 Å². The van der Waals surface area contributed by atoms with Gasteiger partial charge in [-0.3, -0.25) is 4.79 Å². The van der Waals surface area contributed by atoms with Crippen LogP contribution in [0.1, 0.15) is 143 Å². The normalized spacial score (nSPS) is 13.2. The van der Waals surface area contributed by atoms with Crippen molar-refractivity contribution in [2.24, 2.45) is 0 Å². The maximum absolute atomic E-state index is 12.2. The minimum Gasteiger partial charge on any atom is -0.481 e. The van der Waals surface area contributed by atoms with E-state index >= 15 is 0 Å². The molecule has 0 aliphatic carbocycles. The van der Waals surface area contributed by atoms with E-state index in [4.69, 9.17) is 16.3 Å². The molecular weight excluding hydrogens is 428 g/mol. The lowest BCUT2D eigenvalue weighted by atomic mass is 9.74. The number of hydrogen-bond acceptors (Lipinski definition) is 2. The van der Waals surface area contributed by atoms with Crippen molar-refractivity contribution in [2.75, 3.05) is 0 Å². The number of carbonyl (C=O) groups is 1. The fourth-order valence-corrected chi connectivity index (χ4v) is 4.78. The Morgan fingerprint density at radius 2 is 1.36 bits per heavy atom. The smallest absolute Gasteiger partial charge is 0.262 e. The molecule has 0 aromatic heterocycles. The van der Waals surface area contributed by atoms with Gasteiger partial charge >= 0.3 is 0 Å². The molecule has 0 radical (unpaired) electrons. The van der Waals surface area contributed by atoms with Crippen molar-refractivity contribution in [3.63, 3.8) is 0 Å². The lowest BCUT2D eigenvalue weighted by Crippen LogP contribution is -2.27. The van der Waals surface area contributed by atoms with Crippen LogP contribution in [0.3, 0.4) is 0 Å². The second-order valence-corrected chi connectivity index (χ2v) is 11.5. The van der Waals surface area contributed by atoms with Crippen molar-refractivity contribution in [1.82, 2.24) is 0 Å². The van der Waals surface area contributed by atoms with Crippen LogP contribution in [0.2, 0.25) is 0 Å². The summed E-state index contributed by atoms with van der Waals surface area (Å²) in [5.41, 5.74) is 2.67. The predicted octanol–water partition coefficient (Wildman–Crippen LogP) is 9.89. The highest BCUT2D eigenvalue weighted by Crippen LogP contribution is 2.40. The summed E-state index contributed by atoms with van der Waals surface area (Å²) in [7, 11) is 0. The van der Waals surface area contributed by atoms with Gasteiger partial charge in [0, 0.05) is 5.56 Å². The summed E-state index contributed by atoms with van der Waals surface area (Å²) in [6, 6.07) is 6.67. The van der Waals surface area contributed by atoms with Crippen molar-refractivity contribution in [3.8, 4) is 5.75 Å². The lowest BCUT2D eigenvalue weighted by molar-refractivity contribution is -0.118. The first-order valence-electron chi connectivity index (χ1n) is 13.6. The van der Waals surface area contributed by atoms with Gasteiger partial charge in [0.05, 0.1) is 0 Å². The Hall–Kier alpha value is -1.02. The fraction of sp³-hybridized carbons (Fsp3) is 0.767. The second kappa shape index (κ2) is 15.1. The van der Waals surface area contributed by atoms with Crippen molar-refractivity contribution in [1.29, 1.82) is 0 Å². The molecule has 0 saturated heterocycles. The highest BCUT2D eigenvalue weighted by atomic mass is 35.5. The van der Waals surface area contributed by atoms with Gasteiger partial charge in [0.1, 0.15) is 5.75 Å². The highest BCUT2D eigenvalue weighted by Gasteiger charge is 2.30. The molecule has 0 spiro atoms. The number of halogens is 1. The third kappa shape index (κ3) is 10.4. The molecule has 33 heavy (non-hydrogen) atoms. The highest BCUT2D eigenvalue weighted by molar-refractivity contribution is 6.64. The summed E-state index contributed by atoms with van der Waals surface area (Å²) in [5.74, 6) is 0.832. The van der Waals surface area contributed by atoms with Crippen LogP contribution in [0, 0.1) is 0 Å². The summed E-state index contributed by atoms with van der Waals surface area (Å²) in [6.07, 6.45) is 14.2. The Kier molecular flexibility index (Phi) is 13.7. The zero-order valence-corrected chi connectivity index (χ0v) is 23.5. The van der Waals surface area contributed by atoms with Crippen LogP contribution in [-0.2, 0) is 15.6 Å². The van der Waals surface area contributed by atoms with E-state index in [0.29, 0.717) is 6.42 Å². The van der Waals surface area contributed by atoms with Crippen LogP contribution >= 0.6 is 11.6 Å². The van der Waals surface area contributed by atoms with E-state index in [9.17, 15) is 4.79 Å². The largest absolute Gasteiger partial charge is 0.481 e. The van der Waals surface area contributed by atoms with Crippen molar-refractivity contribution < 1.29 is 9.53 Å². The monoisotopic (exact) mass is 478 g/mol. The minimum absolute atomic E-state index is 0.0257. The second-order valence-electron chi connectivity index (χ2n) is 11.2. The summed E-state index contributed by atoms with van der Waals surface area (Å²) in [6.45, 7) is 16.0. The van der Waals surface area contributed by atoms with Gasteiger partial charge in [0.25, 0.3) is 5.24 Å². The van der Waals surface area contributed by atoms with Gasteiger partial charge < -0.3 is 4.74 Å². The van der Waals surface area contributed by atoms with E-state index in [1.807, 2.05) is 0 Å². The topological polar surface area (TPSA) is 26.3 Å². The zero-order valence-electron chi connectivity index (χ0n) is 22.7. The Morgan fingerprint density at radius 3 is 1.91 bits per heavy atom. The molecule has 0 fully saturated rings. The maximum atomic E-state index is 12.2. The third-order valence-electron chi connectivity index (χ3n) is 7.14. The molecule has 0 amide bonds. The third-order valence-corrected chi connectivity index (χ3v) is 7.39. The summed E-state index contributed by atoms with van der Waals surface area (Å²) in [5, 5.41) is -0.384. The first kappa shape index (κ1) is 30.0. The van der Waals surface area contributed by atoms with Crippen molar-refractivity contribution in [3.05, 3.63) is 29.3 Å². The number of unbranched alkanes of at least 4 members (excludes halogenated alkanes) is 7. The van der Waals surface area contributed by atoms with Gasteiger partial charge in [0.2, 0.25) is 0 Å². The first-order chi connectivity index (χ1) is 15.6. The summed E-state index contributed by atoms with van der Waals surface area (Å²) >= 11 is 5.99. The van der Waals surface area contributed by atoms with Crippen LogP contribution in [0.15, 0.2) is 18.2 Å². The zero-order chi connectivity index (χ0) is 24.9. The molecule has 2 nitrogen and oxygen atoms in total. The Balaban J connectivity index is 3.24. The van der Waals surface area contributed by atoms with Crippen molar-refractivity contribution >= 4 is 16.8 Å².